The Hall–Kier alpha value is -2.87. The summed E-state index contributed by atoms with van der Waals surface area (Å²) in [4.78, 5) is 24.8. The van der Waals surface area contributed by atoms with E-state index in [9.17, 15) is 18.0 Å². The molecule has 2 N–H and O–H groups in total. The van der Waals surface area contributed by atoms with Crippen molar-refractivity contribution in [3.63, 3.8) is 0 Å². The Bertz CT molecular complexity index is 940. The third-order valence-electron chi connectivity index (χ3n) is 3.99. The number of aryl methyl sites for hydroxylation is 1. The molecule has 0 aliphatic carbocycles. The van der Waals surface area contributed by atoms with E-state index in [4.69, 9.17) is 0 Å². The standard InChI is InChI=1S/C20H25N3O4S/c1-4-13-21-20(25)17-7-5-6-8-18(17)22-19(24)14-23(28(3,26)27)16-11-9-15(2)10-12-16/h5-12H,4,13-14H2,1-3H3,(H,21,25)(H,22,24). The van der Waals surface area contributed by atoms with Crippen LogP contribution in [0.2, 0.25) is 0 Å². The summed E-state index contributed by atoms with van der Waals surface area (Å²) in [6, 6.07) is 13.5. The monoisotopic (exact) mass is 403 g/mol. The number of para-hydroxylation sites is 1. The highest BCUT2D eigenvalue weighted by Crippen LogP contribution is 2.19. The van der Waals surface area contributed by atoms with Gasteiger partial charge in [-0.2, -0.15) is 0 Å². The fraction of sp³-hybridized carbons (Fsp3) is 0.300. The normalized spacial score (nSPS) is 11.0. The van der Waals surface area contributed by atoms with E-state index in [1.165, 1.54) is 0 Å². The molecule has 2 aromatic carbocycles. The van der Waals surface area contributed by atoms with Gasteiger partial charge in [-0.25, -0.2) is 8.42 Å². The molecule has 0 heterocycles. The molecule has 8 heteroatoms. The van der Waals surface area contributed by atoms with Gasteiger partial charge in [-0.1, -0.05) is 36.8 Å². The number of hydrogen-bond acceptors (Lipinski definition) is 4. The first-order valence-electron chi connectivity index (χ1n) is 8.94. The smallest absolute Gasteiger partial charge is 0.253 e. The van der Waals surface area contributed by atoms with Gasteiger partial charge in [-0.15, -0.1) is 0 Å². The van der Waals surface area contributed by atoms with Gasteiger partial charge in [0.05, 0.1) is 23.2 Å². The van der Waals surface area contributed by atoms with Gasteiger partial charge in [0.2, 0.25) is 15.9 Å². The van der Waals surface area contributed by atoms with E-state index in [1.807, 2.05) is 13.8 Å². The third-order valence-corrected chi connectivity index (χ3v) is 5.13. The maximum absolute atomic E-state index is 12.5. The fourth-order valence-corrected chi connectivity index (χ4v) is 3.41. The highest BCUT2D eigenvalue weighted by atomic mass is 32.2. The van der Waals surface area contributed by atoms with Crippen LogP contribution in [0.5, 0.6) is 0 Å². The molecule has 0 unspecified atom stereocenters. The van der Waals surface area contributed by atoms with Crippen LogP contribution in [-0.4, -0.2) is 39.6 Å². The Morgan fingerprint density at radius 1 is 1.04 bits per heavy atom. The lowest BCUT2D eigenvalue weighted by Crippen LogP contribution is -2.37. The van der Waals surface area contributed by atoms with E-state index >= 15 is 0 Å². The second-order valence-corrected chi connectivity index (χ2v) is 8.36. The lowest BCUT2D eigenvalue weighted by molar-refractivity contribution is -0.114. The Morgan fingerprint density at radius 3 is 2.29 bits per heavy atom. The second-order valence-electron chi connectivity index (χ2n) is 6.45. The molecule has 0 radical (unpaired) electrons. The number of nitrogens with one attached hydrogen (secondary N) is 2. The van der Waals surface area contributed by atoms with E-state index in [1.54, 1.807) is 48.5 Å². The molecule has 28 heavy (non-hydrogen) atoms. The predicted octanol–water partition coefficient (Wildman–Crippen LogP) is 2.54. The molecule has 0 saturated carbocycles. The van der Waals surface area contributed by atoms with Crippen molar-refractivity contribution in [3.8, 4) is 0 Å². The quantitative estimate of drug-likeness (QED) is 0.708. The van der Waals surface area contributed by atoms with Crippen molar-refractivity contribution in [1.82, 2.24) is 5.32 Å². The van der Waals surface area contributed by atoms with Gasteiger partial charge in [-0.05, 0) is 37.6 Å². The van der Waals surface area contributed by atoms with Crippen molar-refractivity contribution in [2.45, 2.75) is 20.3 Å². The number of carbonyl (C=O) groups is 2. The van der Waals surface area contributed by atoms with Crippen molar-refractivity contribution in [1.29, 1.82) is 0 Å². The molecule has 0 aromatic heterocycles. The number of benzene rings is 2. The first-order valence-corrected chi connectivity index (χ1v) is 10.8. The van der Waals surface area contributed by atoms with Crippen LogP contribution < -0.4 is 14.9 Å². The van der Waals surface area contributed by atoms with Gasteiger partial charge in [0.25, 0.3) is 5.91 Å². The number of rotatable bonds is 8. The van der Waals surface area contributed by atoms with Crippen LogP contribution in [0.15, 0.2) is 48.5 Å². The molecule has 0 spiro atoms. The first kappa shape index (κ1) is 21.4. The maximum atomic E-state index is 12.5. The summed E-state index contributed by atoms with van der Waals surface area (Å²) in [5.41, 5.74) is 2.04. The Morgan fingerprint density at radius 2 is 1.68 bits per heavy atom. The molecule has 0 bridgehead atoms. The molecular weight excluding hydrogens is 378 g/mol. The summed E-state index contributed by atoms with van der Waals surface area (Å²) in [7, 11) is -3.66. The molecule has 2 rings (SSSR count). The van der Waals surface area contributed by atoms with Gasteiger partial charge in [-0.3, -0.25) is 13.9 Å². The zero-order valence-corrected chi connectivity index (χ0v) is 17.0. The fourth-order valence-electron chi connectivity index (χ4n) is 2.56. The van der Waals surface area contributed by atoms with Crippen molar-refractivity contribution < 1.29 is 18.0 Å². The summed E-state index contributed by atoms with van der Waals surface area (Å²) >= 11 is 0. The van der Waals surface area contributed by atoms with E-state index < -0.39 is 22.5 Å². The zero-order valence-electron chi connectivity index (χ0n) is 16.2. The lowest BCUT2D eigenvalue weighted by atomic mass is 10.1. The van der Waals surface area contributed by atoms with Crippen molar-refractivity contribution in [2.24, 2.45) is 0 Å². The molecule has 150 valence electrons. The summed E-state index contributed by atoms with van der Waals surface area (Å²) in [6.45, 7) is 3.96. The average molecular weight is 404 g/mol. The molecule has 0 saturated heterocycles. The summed E-state index contributed by atoms with van der Waals surface area (Å²) < 4.78 is 25.4. The minimum absolute atomic E-state index is 0.295. The summed E-state index contributed by atoms with van der Waals surface area (Å²) in [5.74, 6) is -0.835. The molecule has 0 atom stereocenters. The maximum Gasteiger partial charge on any atom is 0.253 e. The molecule has 0 aliphatic heterocycles. The summed E-state index contributed by atoms with van der Waals surface area (Å²) in [6.07, 6.45) is 1.84. The van der Waals surface area contributed by atoms with E-state index in [0.29, 0.717) is 23.5 Å². The molecule has 0 fully saturated rings. The van der Waals surface area contributed by atoms with E-state index in [2.05, 4.69) is 10.6 Å². The lowest BCUT2D eigenvalue weighted by Gasteiger charge is -2.22. The molecular formula is C20H25N3O4S. The molecule has 0 aliphatic rings. The number of hydrogen-bond donors (Lipinski definition) is 2. The second kappa shape index (κ2) is 9.36. The van der Waals surface area contributed by atoms with E-state index in [0.717, 1.165) is 22.5 Å². The van der Waals surface area contributed by atoms with Crippen molar-refractivity contribution in [3.05, 3.63) is 59.7 Å². The Balaban J connectivity index is 2.20. The molecule has 7 nitrogen and oxygen atoms in total. The van der Waals surface area contributed by atoms with Crippen LogP contribution in [0.1, 0.15) is 29.3 Å². The average Bonchev–Trinajstić information content (AvgIpc) is 2.64. The molecule has 2 amide bonds. The van der Waals surface area contributed by atoms with Crippen molar-refractivity contribution in [2.75, 3.05) is 29.0 Å². The highest BCUT2D eigenvalue weighted by Gasteiger charge is 2.22. The van der Waals surface area contributed by atoms with Crippen LogP contribution in [0.25, 0.3) is 0 Å². The first-order chi connectivity index (χ1) is 13.2. The minimum Gasteiger partial charge on any atom is -0.352 e. The van der Waals surface area contributed by atoms with Gasteiger partial charge in [0, 0.05) is 6.54 Å². The van der Waals surface area contributed by atoms with Crippen LogP contribution in [0.4, 0.5) is 11.4 Å². The van der Waals surface area contributed by atoms with Gasteiger partial charge in [0.15, 0.2) is 0 Å². The minimum atomic E-state index is -3.66. The van der Waals surface area contributed by atoms with Crippen molar-refractivity contribution >= 4 is 33.2 Å². The summed E-state index contributed by atoms with van der Waals surface area (Å²) in [5, 5.41) is 5.41. The number of amides is 2. The Labute approximate surface area is 165 Å². The SMILES string of the molecule is CCCNC(=O)c1ccccc1NC(=O)CN(c1ccc(C)cc1)S(C)(=O)=O. The number of carbonyl (C=O) groups excluding carboxylic acids is 2. The van der Waals surface area contributed by atoms with Gasteiger partial charge >= 0.3 is 0 Å². The Kier molecular flexibility index (Phi) is 7.17. The zero-order chi connectivity index (χ0) is 20.7. The van der Waals surface area contributed by atoms with Gasteiger partial charge < -0.3 is 10.6 Å². The van der Waals surface area contributed by atoms with E-state index in [-0.39, 0.29) is 5.91 Å². The predicted molar refractivity (Wildman–Crippen MR) is 111 cm³/mol. The number of anilines is 2. The topological polar surface area (TPSA) is 95.6 Å². The molecule has 2 aromatic rings. The van der Waals surface area contributed by atoms with Crippen LogP contribution >= 0.6 is 0 Å². The van der Waals surface area contributed by atoms with Crippen LogP contribution in [-0.2, 0) is 14.8 Å². The largest absolute Gasteiger partial charge is 0.352 e. The number of sulfonamides is 1. The van der Waals surface area contributed by atoms with Crippen LogP contribution in [0, 0.1) is 6.92 Å². The van der Waals surface area contributed by atoms with Crippen LogP contribution in [0.3, 0.4) is 0 Å². The van der Waals surface area contributed by atoms with Gasteiger partial charge in [0.1, 0.15) is 6.54 Å². The number of nitrogens with zero attached hydrogens (tertiary/aromatic N) is 1. The highest BCUT2D eigenvalue weighted by molar-refractivity contribution is 7.92. The third kappa shape index (κ3) is 5.82.